The molecule has 27 heavy (non-hydrogen) atoms. The summed E-state index contributed by atoms with van der Waals surface area (Å²) in [5, 5.41) is 6.08. The van der Waals surface area contributed by atoms with E-state index in [-0.39, 0.29) is 24.6 Å². The van der Waals surface area contributed by atoms with Crippen molar-refractivity contribution >= 4 is 35.0 Å². The molecule has 144 valence electrons. The first-order valence-electron chi connectivity index (χ1n) is 8.11. The molecule has 0 saturated carbocycles. The number of aromatic nitrogens is 1. The summed E-state index contributed by atoms with van der Waals surface area (Å²) in [5.41, 5.74) is 1.98. The number of carbonyl (C=O) groups excluding carboxylic acids is 4. The number of ketones is 1. The van der Waals surface area contributed by atoms with Gasteiger partial charge in [-0.1, -0.05) is 0 Å². The predicted octanol–water partition coefficient (Wildman–Crippen LogP) is 2.03. The van der Waals surface area contributed by atoms with Gasteiger partial charge in [0.1, 0.15) is 0 Å². The van der Waals surface area contributed by atoms with Gasteiger partial charge in [-0.25, -0.2) is 4.79 Å². The van der Waals surface area contributed by atoms with E-state index < -0.39 is 24.3 Å². The fraction of sp³-hybridized carbons (Fsp3) is 0.333. The summed E-state index contributed by atoms with van der Waals surface area (Å²) in [6, 6.07) is 1.68. The maximum atomic E-state index is 12.3. The van der Waals surface area contributed by atoms with E-state index in [1.54, 1.807) is 30.7 Å². The average Bonchev–Trinajstić information content (AvgIpc) is 3.27. The van der Waals surface area contributed by atoms with Gasteiger partial charge in [-0.05, 0) is 30.9 Å². The maximum Gasteiger partial charge on any atom is 0.339 e. The summed E-state index contributed by atoms with van der Waals surface area (Å²) in [5.74, 6) is -1.88. The Bertz CT molecular complexity index is 854. The van der Waals surface area contributed by atoms with Gasteiger partial charge >= 0.3 is 11.9 Å². The molecule has 0 atom stereocenters. The maximum absolute atomic E-state index is 12.3. The molecule has 0 radical (unpaired) electrons. The van der Waals surface area contributed by atoms with Crippen molar-refractivity contribution in [3.63, 3.8) is 0 Å². The van der Waals surface area contributed by atoms with E-state index in [0.29, 0.717) is 22.4 Å². The van der Waals surface area contributed by atoms with Crippen molar-refractivity contribution in [2.24, 2.45) is 0 Å². The van der Waals surface area contributed by atoms with Gasteiger partial charge in [0.15, 0.2) is 6.61 Å². The molecule has 8 nitrogen and oxygen atoms in total. The molecule has 2 N–H and O–H groups in total. The number of H-pyrrole nitrogens is 1. The summed E-state index contributed by atoms with van der Waals surface area (Å²) in [6.07, 6.45) is -0.0562. The van der Waals surface area contributed by atoms with Crippen LogP contribution in [-0.4, -0.2) is 48.9 Å². The van der Waals surface area contributed by atoms with Gasteiger partial charge < -0.3 is 19.8 Å². The van der Waals surface area contributed by atoms with Crippen LogP contribution in [0.5, 0.6) is 0 Å². The van der Waals surface area contributed by atoms with Crippen molar-refractivity contribution in [3.8, 4) is 0 Å². The van der Waals surface area contributed by atoms with Crippen molar-refractivity contribution in [3.05, 3.63) is 44.9 Å². The smallest absolute Gasteiger partial charge is 0.339 e. The quantitative estimate of drug-likeness (QED) is 0.525. The van der Waals surface area contributed by atoms with Crippen LogP contribution in [0.3, 0.4) is 0 Å². The molecule has 0 aliphatic rings. The van der Waals surface area contributed by atoms with Crippen LogP contribution in [0.4, 0.5) is 0 Å². The molecule has 2 aromatic rings. The number of hydrogen-bond donors (Lipinski definition) is 2. The van der Waals surface area contributed by atoms with Crippen LogP contribution in [0.15, 0.2) is 16.8 Å². The fourth-order valence-electron chi connectivity index (χ4n) is 2.50. The van der Waals surface area contributed by atoms with Gasteiger partial charge in [-0.15, -0.1) is 0 Å². The van der Waals surface area contributed by atoms with Crippen molar-refractivity contribution in [1.29, 1.82) is 0 Å². The second-order valence-electron chi connectivity index (χ2n) is 5.72. The van der Waals surface area contributed by atoms with E-state index in [0.717, 1.165) is 0 Å². The molecule has 2 aromatic heterocycles. The minimum atomic E-state index is -0.608. The lowest BCUT2D eigenvalue weighted by molar-refractivity contribution is -0.142. The zero-order valence-electron chi connectivity index (χ0n) is 15.2. The third kappa shape index (κ3) is 5.04. The van der Waals surface area contributed by atoms with Crippen molar-refractivity contribution in [1.82, 2.24) is 10.3 Å². The highest BCUT2D eigenvalue weighted by atomic mass is 32.1. The number of rotatable bonds is 8. The lowest BCUT2D eigenvalue weighted by Gasteiger charge is -2.06. The van der Waals surface area contributed by atoms with Gasteiger partial charge in [0.25, 0.3) is 5.91 Å². The number of ether oxygens (including phenoxy) is 2. The number of methoxy groups -OCH3 is 1. The molecule has 1 amide bonds. The first kappa shape index (κ1) is 20.4. The molecule has 2 heterocycles. The summed E-state index contributed by atoms with van der Waals surface area (Å²) in [6.45, 7) is 2.91. The van der Waals surface area contributed by atoms with Crippen LogP contribution in [0.2, 0.25) is 0 Å². The number of thiophene rings is 1. The number of carbonyl (C=O) groups is 4. The summed E-state index contributed by atoms with van der Waals surface area (Å²) >= 11 is 1.40. The van der Waals surface area contributed by atoms with Crippen molar-refractivity contribution in [2.75, 3.05) is 20.3 Å². The Hall–Kier alpha value is -2.94. The summed E-state index contributed by atoms with van der Waals surface area (Å²) in [4.78, 5) is 50.3. The molecule has 9 heteroatoms. The molecule has 0 unspecified atom stereocenters. The standard InChI is InChI=1S/C18H20N2O6S/c1-10-15(18(24)25-3)11(2)20-16(10)13(21)8-26-14(22)4-6-19-17(23)12-5-7-27-9-12/h5,7,9,20H,4,6,8H2,1-3H3,(H,19,23). The predicted molar refractivity (Wildman–Crippen MR) is 98.2 cm³/mol. The second-order valence-corrected chi connectivity index (χ2v) is 6.50. The van der Waals surface area contributed by atoms with Crippen LogP contribution in [0.1, 0.15) is 48.9 Å². The van der Waals surface area contributed by atoms with E-state index >= 15 is 0 Å². The lowest BCUT2D eigenvalue weighted by Crippen LogP contribution is -2.26. The molecular formula is C18H20N2O6S. The summed E-state index contributed by atoms with van der Waals surface area (Å²) < 4.78 is 9.64. The van der Waals surface area contributed by atoms with Gasteiger partial charge in [-0.3, -0.25) is 14.4 Å². The van der Waals surface area contributed by atoms with Crippen molar-refractivity contribution < 1.29 is 28.7 Å². The number of Topliss-reactive ketones (excluding diaryl/α,β-unsaturated/α-hetero) is 1. The number of esters is 2. The Morgan fingerprint density at radius 2 is 1.96 bits per heavy atom. The normalized spacial score (nSPS) is 10.3. The van der Waals surface area contributed by atoms with Gasteiger partial charge in [0, 0.05) is 23.2 Å². The van der Waals surface area contributed by atoms with E-state index in [1.807, 2.05) is 0 Å². The fourth-order valence-corrected chi connectivity index (χ4v) is 3.14. The van der Waals surface area contributed by atoms with E-state index in [1.165, 1.54) is 18.4 Å². The molecule has 2 rings (SSSR count). The Balaban J connectivity index is 1.82. The van der Waals surface area contributed by atoms with Gasteiger partial charge in [0.05, 0.1) is 24.8 Å². The third-order valence-corrected chi connectivity index (χ3v) is 4.55. The Morgan fingerprint density at radius 3 is 2.59 bits per heavy atom. The first-order chi connectivity index (χ1) is 12.8. The Labute approximate surface area is 159 Å². The number of amides is 1. The average molecular weight is 392 g/mol. The zero-order chi connectivity index (χ0) is 20.0. The minimum absolute atomic E-state index is 0.0562. The van der Waals surface area contributed by atoms with Crippen LogP contribution < -0.4 is 5.32 Å². The highest BCUT2D eigenvalue weighted by Crippen LogP contribution is 2.19. The number of aromatic amines is 1. The number of nitrogens with one attached hydrogen (secondary N) is 2. The largest absolute Gasteiger partial charge is 0.465 e. The molecule has 0 aliphatic carbocycles. The Morgan fingerprint density at radius 1 is 1.22 bits per heavy atom. The molecular weight excluding hydrogens is 372 g/mol. The zero-order valence-corrected chi connectivity index (χ0v) is 16.0. The van der Waals surface area contributed by atoms with Crippen LogP contribution in [-0.2, 0) is 14.3 Å². The van der Waals surface area contributed by atoms with E-state index in [9.17, 15) is 19.2 Å². The summed E-state index contributed by atoms with van der Waals surface area (Å²) in [7, 11) is 1.26. The molecule has 0 fully saturated rings. The van der Waals surface area contributed by atoms with Crippen molar-refractivity contribution in [2.45, 2.75) is 20.3 Å². The second kappa shape index (κ2) is 9.13. The monoisotopic (exact) mass is 392 g/mol. The van der Waals surface area contributed by atoms with Gasteiger partial charge in [0.2, 0.25) is 5.78 Å². The number of hydrogen-bond acceptors (Lipinski definition) is 7. The molecule has 0 bridgehead atoms. The topological polar surface area (TPSA) is 115 Å². The lowest BCUT2D eigenvalue weighted by atomic mass is 10.1. The number of aryl methyl sites for hydroxylation is 1. The Kier molecular flexibility index (Phi) is 6.89. The molecule has 0 saturated heterocycles. The third-order valence-electron chi connectivity index (χ3n) is 3.87. The van der Waals surface area contributed by atoms with E-state index in [2.05, 4.69) is 10.3 Å². The van der Waals surface area contributed by atoms with E-state index in [4.69, 9.17) is 9.47 Å². The van der Waals surface area contributed by atoms with Gasteiger partial charge in [-0.2, -0.15) is 11.3 Å². The molecule has 0 aliphatic heterocycles. The molecule has 0 spiro atoms. The SMILES string of the molecule is COC(=O)c1c(C)[nH]c(C(=O)COC(=O)CCNC(=O)c2ccsc2)c1C. The highest BCUT2D eigenvalue weighted by molar-refractivity contribution is 7.08. The first-order valence-corrected chi connectivity index (χ1v) is 9.06. The van der Waals surface area contributed by atoms with Crippen LogP contribution >= 0.6 is 11.3 Å². The van der Waals surface area contributed by atoms with Crippen LogP contribution in [0, 0.1) is 13.8 Å². The molecule has 0 aromatic carbocycles. The minimum Gasteiger partial charge on any atom is -0.465 e. The van der Waals surface area contributed by atoms with Crippen LogP contribution in [0.25, 0.3) is 0 Å². The highest BCUT2D eigenvalue weighted by Gasteiger charge is 2.23.